The van der Waals surface area contributed by atoms with Crippen molar-refractivity contribution in [3.63, 3.8) is 0 Å². The average Bonchev–Trinajstić information content (AvgIpc) is 1.92. The van der Waals surface area contributed by atoms with E-state index in [0.717, 1.165) is 11.5 Å². The molecule has 0 aliphatic carbocycles. The summed E-state index contributed by atoms with van der Waals surface area (Å²) in [6.45, 7) is 13.6. The van der Waals surface area contributed by atoms with E-state index in [4.69, 9.17) is 0 Å². The van der Waals surface area contributed by atoms with Gasteiger partial charge in [-0.05, 0) is 0 Å². The van der Waals surface area contributed by atoms with Crippen molar-refractivity contribution in [3.8, 4) is 0 Å². The summed E-state index contributed by atoms with van der Waals surface area (Å²) in [4.78, 5) is 0. The van der Waals surface area contributed by atoms with Gasteiger partial charge < -0.3 is 0 Å². The highest BCUT2D eigenvalue weighted by molar-refractivity contribution is 8.01. The van der Waals surface area contributed by atoms with E-state index < -0.39 is 0 Å². The van der Waals surface area contributed by atoms with Crippen LogP contribution >= 0.6 is 23.5 Å². The zero-order chi connectivity index (χ0) is 11.2. The number of thioether (sulfide) groups is 2. The zero-order valence-corrected chi connectivity index (χ0v) is 12.0. The quantitative estimate of drug-likeness (QED) is 0.649. The monoisotopic (exact) mass is 232 g/mol. The zero-order valence-electron chi connectivity index (χ0n) is 10.4. The Balaban J connectivity index is 3.47. The topological polar surface area (TPSA) is 0 Å². The molecular formula is C12H24S2. The van der Waals surface area contributed by atoms with Crippen molar-refractivity contribution in [1.82, 2.24) is 0 Å². The van der Waals surface area contributed by atoms with Crippen LogP contribution in [0.2, 0.25) is 0 Å². The maximum Gasteiger partial charge on any atom is 0.0118 e. The molecule has 14 heavy (non-hydrogen) atoms. The summed E-state index contributed by atoms with van der Waals surface area (Å²) >= 11 is 3.99. The van der Waals surface area contributed by atoms with E-state index in [1.165, 1.54) is 0 Å². The summed E-state index contributed by atoms with van der Waals surface area (Å²) in [5, 5.41) is 0. The van der Waals surface area contributed by atoms with E-state index in [-0.39, 0.29) is 0 Å². The number of hydrogen-bond acceptors (Lipinski definition) is 2. The minimum Gasteiger partial charge on any atom is -0.152 e. The summed E-state index contributed by atoms with van der Waals surface area (Å²) in [5.74, 6) is 2.27. The third-order valence-corrected chi connectivity index (χ3v) is 3.84. The molecule has 0 aromatic carbocycles. The Morgan fingerprint density at radius 2 is 1.00 bits per heavy atom. The van der Waals surface area contributed by atoms with Crippen LogP contribution in [0, 0.1) is 0 Å². The van der Waals surface area contributed by atoms with Crippen LogP contribution in [0.1, 0.15) is 41.5 Å². The van der Waals surface area contributed by atoms with Crippen molar-refractivity contribution in [3.05, 3.63) is 12.2 Å². The smallest absolute Gasteiger partial charge is 0.0118 e. The Morgan fingerprint density at radius 1 is 0.714 bits per heavy atom. The van der Waals surface area contributed by atoms with E-state index in [2.05, 4.69) is 53.7 Å². The standard InChI is InChI=1S/C12H24S2/c1-11(2,3)13-9-7-8-10-14-12(4,5)6/h7-8H,9-10H2,1-6H3. The molecule has 0 saturated heterocycles. The van der Waals surface area contributed by atoms with Crippen LogP contribution in [-0.4, -0.2) is 21.0 Å². The molecule has 0 unspecified atom stereocenters. The Hall–Kier alpha value is 0.440. The number of rotatable bonds is 4. The van der Waals surface area contributed by atoms with Gasteiger partial charge in [0, 0.05) is 21.0 Å². The fraction of sp³-hybridized carbons (Fsp3) is 0.833. The van der Waals surface area contributed by atoms with Crippen molar-refractivity contribution >= 4 is 23.5 Å². The van der Waals surface area contributed by atoms with Gasteiger partial charge in [0.2, 0.25) is 0 Å². The first-order valence-electron chi connectivity index (χ1n) is 5.14. The van der Waals surface area contributed by atoms with Crippen molar-refractivity contribution in [2.24, 2.45) is 0 Å². The lowest BCUT2D eigenvalue weighted by Gasteiger charge is -2.16. The second-order valence-corrected chi connectivity index (χ2v) is 9.01. The minimum absolute atomic E-state index is 0.390. The summed E-state index contributed by atoms with van der Waals surface area (Å²) in [5.41, 5.74) is 0. The third kappa shape index (κ3) is 12.4. The molecule has 84 valence electrons. The molecule has 0 amide bonds. The van der Waals surface area contributed by atoms with Crippen LogP contribution in [0.25, 0.3) is 0 Å². The van der Waals surface area contributed by atoms with Crippen molar-refractivity contribution < 1.29 is 0 Å². The lowest BCUT2D eigenvalue weighted by Crippen LogP contribution is -2.08. The van der Waals surface area contributed by atoms with E-state index in [1.54, 1.807) is 0 Å². The molecule has 0 aliphatic heterocycles. The van der Waals surface area contributed by atoms with Crippen molar-refractivity contribution in [1.29, 1.82) is 0 Å². The van der Waals surface area contributed by atoms with Gasteiger partial charge in [-0.15, -0.1) is 0 Å². The average molecular weight is 232 g/mol. The molecule has 0 spiro atoms. The summed E-state index contributed by atoms with van der Waals surface area (Å²) in [6, 6.07) is 0. The Kier molecular flexibility index (Phi) is 6.31. The second kappa shape index (κ2) is 6.12. The summed E-state index contributed by atoms with van der Waals surface area (Å²) in [7, 11) is 0. The van der Waals surface area contributed by atoms with E-state index in [0.29, 0.717) is 9.49 Å². The van der Waals surface area contributed by atoms with Crippen LogP contribution in [0.4, 0.5) is 0 Å². The maximum absolute atomic E-state index is 2.29. The van der Waals surface area contributed by atoms with Gasteiger partial charge in [0.25, 0.3) is 0 Å². The van der Waals surface area contributed by atoms with E-state index in [9.17, 15) is 0 Å². The Morgan fingerprint density at radius 3 is 1.21 bits per heavy atom. The third-order valence-electron chi connectivity index (χ3n) is 1.39. The molecule has 0 saturated carbocycles. The lowest BCUT2D eigenvalue weighted by molar-refractivity contribution is 0.804. The largest absolute Gasteiger partial charge is 0.152 e. The van der Waals surface area contributed by atoms with Crippen LogP contribution < -0.4 is 0 Å². The van der Waals surface area contributed by atoms with Gasteiger partial charge in [-0.2, -0.15) is 23.5 Å². The van der Waals surface area contributed by atoms with Crippen LogP contribution in [0.3, 0.4) is 0 Å². The first-order valence-corrected chi connectivity index (χ1v) is 7.11. The van der Waals surface area contributed by atoms with Crippen LogP contribution in [-0.2, 0) is 0 Å². The highest BCUT2D eigenvalue weighted by Crippen LogP contribution is 2.24. The van der Waals surface area contributed by atoms with E-state index >= 15 is 0 Å². The Bertz CT molecular complexity index is 150. The molecule has 0 aromatic heterocycles. The fourth-order valence-corrected chi connectivity index (χ4v) is 2.20. The molecule has 0 N–H and O–H groups in total. The highest BCUT2D eigenvalue weighted by atomic mass is 32.2. The molecular weight excluding hydrogens is 208 g/mol. The molecule has 0 radical (unpaired) electrons. The van der Waals surface area contributed by atoms with Gasteiger partial charge in [0.05, 0.1) is 0 Å². The van der Waals surface area contributed by atoms with E-state index in [1.807, 2.05) is 23.5 Å². The molecule has 2 heteroatoms. The lowest BCUT2D eigenvalue weighted by atomic mass is 10.3. The molecule has 0 fully saturated rings. The van der Waals surface area contributed by atoms with Gasteiger partial charge in [-0.3, -0.25) is 0 Å². The molecule has 0 atom stereocenters. The Labute approximate surface area is 98.3 Å². The fourth-order valence-electron chi connectivity index (χ4n) is 0.732. The van der Waals surface area contributed by atoms with Gasteiger partial charge in [0.1, 0.15) is 0 Å². The molecule has 0 aromatic rings. The molecule has 0 aliphatic rings. The maximum atomic E-state index is 2.29. The summed E-state index contributed by atoms with van der Waals surface area (Å²) in [6.07, 6.45) is 4.57. The second-order valence-electron chi connectivity index (χ2n) is 5.32. The molecule has 0 heterocycles. The van der Waals surface area contributed by atoms with Crippen molar-refractivity contribution in [2.75, 3.05) is 11.5 Å². The molecule has 0 rings (SSSR count). The first kappa shape index (κ1) is 14.4. The SMILES string of the molecule is CC(C)(C)SCC=CCSC(C)(C)C. The number of hydrogen-bond donors (Lipinski definition) is 0. The summed E-state index contributed by atoms with van der Waals surface area (Å²) < 4.78 is 0.781. The predicted molar refractivity (Wildman–Crippen MR) is 73.6 cm³/mol. The van der Waals surface area contributed by atoms with Crippen LogP contribution in [0.15, 0.2) is 12.2 Å². The van der Waals surface area contributed by atoms with Gasteiger partial charge >= 0.3 is 0 Å². The normalized spacial score (nSPS) is 13.9. The van der Waals surface area contributed by atoms with Crippen LogP contribution in [0.5, 0.6) is 0 Å². The van der Waals surface area contributed by atoms with Gasteiger partial charge in [0.15, 0.2) is 0 Å². The first-order chi connectivity index (χ1) is 6.21. The predicted octanol–water partition coefficient (Wildman–Crippen LogP) is 4.61. The van der Waals surface area contributed by atoms with Gasteiger partial charge in [-0.25, -0.2) is 0 Å². The minimum atomic E-state index is 0.390. The molecule has 0 bridgehead atoms. The van der Waals surface area contributed by atoms with Gasteiger partial charge in [-0.1, -0.05) is 53.7 Å². The van der Waals surface area contributed by atoms with Crippen molar-refractivity contribution in [2.45, 2.75) is 51.0 Å². The highest BCUT2D eigenvalue weighted by Gasteiger charge is 2.09. The molecule has 0 nitrogen and oxygen atoms in total.